The van der Waals surface area contributed by atoms with E-state index in [2.05, 4.69) is 219 Å². The number of aryl methyl sites for hydroxylation is 2. The molecule has 0 N–H and O–H groups in total. The Hall–Kier alpha value is -6.77. The first-order valence-electron chi connectivity index (χ1n) is 26.5. The summed E-state index contributed by atoms with van der Waals surface area (Å²) in [6.07, 6.45) is 18.8. The van der Waals surface area contributed by atoms with Gasteiger partial charge in [0.1, 0.15) is 0 Å². The van der Waals surface area contributed by atoms with E-state index in [0.29, 0.717) is 23.7 Å². The second-order valence-corrected chi connectivity index (χ2v) is 20.5. The summed E-state index contributed by atoms with van der Waals surface area (Å²) in [5.74, 6) is 1.65. The molecule has 0 bridgehead atoms. The third-order valence-corrected chi connectivity index (χ3v) is 14.7. The van der Waals surface area contributed by atoms with Crippen molar-refractivity contribution in [3.8, 4) is 11.1 Å². The summed E-state index contributed by atoms with van der Waals surface area (Å²) in [4.78, 5) is 7.84. The summed E-state index contributed by atoms with van der Waals surface area (Å²) in [6.45, 7) is 30.7. The number of anilines is 3. The second-order valence-electron chi connectivity index (χ2n) is 20.5. The zero-order valence-electron chi connectivity index (χ0n) is 44.8. The highest BCUT2D eigenvalue weighted by atomic mass is 15.1. The van der Waals surface area contributed by atoms with Gasteiger partial charge in [-0.2, -0.15) is 0 Å². The molecule has 10 rings (SSSR count). The lowest BCUT2D eigenvalue weighted by Gasteiger charge is -2.33. The molecule has 0 saturated heterocycles. The highest BCUT2D eigenvalue weighted by molar-refractivity contribution is 6.18. The minimum absolute atomic E-state index is 0.368. The van der Waals surface area contributed by atoms with Gasteiger partial charge in [-0.1, -0.05) is 191 Å². The standard InChI is InChI=1S/C53H56N2.C14H14.C2H6/c1-10-14-36(32(2)3)27-28-54-49-30-46(34(6)7)42-24-26-45-51(31-47(35(8)9)43-23-25-44(49)52(42)53(43)45)55(39-21-19-37(20-22-39)33(4)5)50-18-13-17-41-40-16-12-11-15-38(40)29-48(41)50;1-3-4-8-13-11(2)10-12-7-5-6-9-14(12)13;1-2/h10-22,24,26-28,30-35H,23,25,29H2,1-9H3;3-9H,2,10H2,1H3;1-2H3/b14-10-,36-27+,54-28?;4-3-,13-8+;. The molecule has 3 aliphatic rings. The Morgan fingerprint density at radius 1 is 0.592 bits per heavy atom. The van der Waals surface area contributed by atoms with Gasteiger partial charge in [0.05, 0.1) is 17.1 Å². The van der Waals surface area contributed by atoms with Crippen molar-refractivity contribution in [1.82, 2.24) is 0 Å². The number of allylic oxidation sites excluding steroid dienone is 9. The summed E-state index contributed by atoms with van der Waals surface area (Å²) in [7, 11) is 0. The molecule has 0 aromatic heterocycles. The lowest BCUT2D eigenvalue weighted by Crippen LogP contribution is -2.15. The van der Waals surface area contributed by atoms with Gasteiger partial charge in [-0.05, 0) is 187 Å². The van der Waals surface area contributed by atoms with Crippen LogP contribution in [0.2, 0.25) is 0 Å². The molecule has 71 heavy (non-hydrogen) atoms. The molecule has 0 aliphatic heterocycles. The Labute approximate surface area is 427 Å². The average molecular weight is 933 g/mol. The van der Waals surface area contributed by atoms with Crippen molar-refractivity contribution in [1.29, 1.82) is 0 Å². The first-order valence-corrected chi connectivity index (χ1v) is 26.5. The van der Waals surface area contributed by atoms with Crippen molar-refractivity contribution < 1.29 is 0 Å². The molecule has 0 unspecified atom stereocenters. The average Bonchev–Trinajstić information content (AvgIpc) is 3.92. The van der Waals surface area contributed by atoms with Gasteiger partial charge >= 0.3 is 0 Å². The van der Waals surface area contributed by atoms with Gasteiger partial charge in [-0.15, -0.1) is 0 Å². The van der Waals surface area contributed by atoms with Gasteiger partial charge in [0, 0.05) is 23.7 Å². The van der Waals surface area contributed by atoms with Crippen LogP contribution in [0.25, 0.3) is 38.2 Å². The van der Waals surface area contributed by atoms with Crippen LogP contribution >= 0.6 is 0 Å². The van der Waals surface area contributed by atoms with Crippen molar-refractivity contribution in [3.05, 3.63) is 220 Å². The first-order chi connectivity index (χ1) is 34.4. The minimum Gasteiger partial charge on any atom is -0.310 e. The van der Waals surface area contributed by atoms with Crippen LogP contribution in [0.15, 0.2) is 174 Å². The Balaban J connectivity index is 0.000000360. The number of hydrogen-bond donors (Lipinski definition) is 0. The van der Waals surface area contributed by atoms with Gasteiger partial charge in [0.2, 0.25) is 0 Å². The summed E-state index contributed by atoms with van der Waals surface area (Å²) in [6, 6.07) is 43.5. The van der Waals surface area contributed by atoms with Crippen LogP contribution in [0.3, 0.4) is 0 Å². The summed E-state index contributed by atoms with van der Waals surface area (Å²) < 4.78 is 0. The molecule has 0 heterocycles. The third kappa shape index (κ3) is 9.97. The molecule has 0 saturated carbocycles. The molecule has 362 valence electrons. The maximum Gasteiger partial charge on any atom is 0.0671 e. The van der Waals surface area contributed by atoms with Gasteiger partial charge < -0.3 is 4.90 Å². The van der Waals surface area contributed by atoms with Crippen molar-refractivity contribution in [2.75, 3.05) is 4.90 Å². The molecule has 2 heteroatoms. The van der Waals surface area contributed by atoms with Crippen molar-refractivity contribution in [2.24, 2.45) is 10.9 Å². The number of hydrogen-bond acceptors (Lipinski definition) is 2. The Morgan fingerprint density at radius 2 is 1.23 bits per heavy atom. The number of benzene rings is 7. The zero-order valence-corrected chi connectivity index (χ0v) is 44.8. The minimum atomic E-state index is 0.368. The maximum atomic E-state index is 5.26. The van der Waals surface area contributed by atoms with Gasteiger partial charge in [-0.25, -0.2) is 0 Å². The highest BCUT2D eigenvalue weighted by Crippen LogP contribution is 2.52. The lowest BCUT2D eigenvalue weighted by atomic mass is 9.78. The van der Waals surface area contributed by atoms with Gasteiger partial charge in [0.25, 0.3) is 0 Å². The fraction of sp³-hybridized carbons (Fsp3) is 0.290. The molecule has 7 aromatic rings. The van der Waals surface area contributed by atoms with Crippen LogP contribution in [0.1, 0.15) is 151 Å². The molecular weight excluding hydrogens is 857 g/mol. The number of rotatable bonds is 11. The van der Waals surface area contributed by atoms with E-state index in [9.17, 15) is 0 Å². The van der Waals surface area contributed by atoms with E-state index in [1.807, 2.05) is 33.1 Å². The van der Waals surface area contributed by atoms with E-state index in [4.69, 9.17) is 4.99 Å². The van der Waals surface area contributed by atoms with E-state index in [-0.39, 0.29) is 0 Å². The van der Waals surface area contributed by atoms with Crippen molar-refractivity contribution in [3.63, 3.8) is 0 Å². The topological polar surface area (TPSA) is 15.6 Å². The predicted octanol–water partition coefficient (Wildman–Crippen LogP) is 20.1. The van der Waals surface area contributed by atoms with Crippen LogP contribution in [0.4, 0.5) is 22.7 Å². The molecule has 0 amide bonds. The largest absolute Gasteiger partial charge is 0.310 e. The molecule has 0 spiro atoms. The second kappa shape index (κ2) is 22.1. The smallest absolute Gasteiger partial charge is 0.0671 e. The molecular formula is C69H76N2. The van der Waals surface area contributed by atoms with E-state index >= 15 is 0 Å². The van der Waals surface area contributed by atoms with Crippen LogP contribution in [-0.2, 0) is 25.7 Å². The summed E-state index contributed by atoms with van der Waals surface area (Å²) in [5, 5.41) is 5.52. The molecule has 2 nitrogen and oxygen atoms in total. The van der Waals surface area contributed by atoms with E-state index in [1.54, 1.807) is 0 Å². The fourth-order valence-corrected chi connectivity index (χ4v) is 11.1. The number of fused-ring (bicyclic) bond motifs is 4. The first kappa shape index (κ1) is 50.6. The maximum absolute atomic E-state index is 5.26. The van der Waals surface area contributed by atoms with Crippen LogP contribution in [-0.4, -0.2) is 6.21 Å². The lowest BCUT2D eigenvalue weighted by molar-refractivity contribution is 0.793. The van der Waals surface area contributed by atoms with Gasteiger partial charge in [-0.3, -0.25) is 4.99 Å². The van der Waals surface area contributed by atoms with E-state index in [1.165, 1.54) is 117 Å². The Kier molecular flexibility index (Phi) is 15.8. The van der Waals surface area contributed by atoms with Crippen LogP contribution in [0, 0.1) is 5.92 Å². The fourth-order valence-electron chi connectivity index (χ4n) is 11.1. The van der Waals surface area contributed by atoms with Crippen LogP contribution < -0.4 is 4.90 Å². The Morgan fingerprint density at radius 3 is 1.89 bits per heavy atom. The van der Waals surface area contributed by atoms with Crippen molar-refractivity contribution >= 4 is 56.1 Å². The number of aliphatic imine (C=N–C) groups is 1. The molecule has 0 radical (unpaired) electrons. The molecule has 0 atom stereocenters. The van der Waals surface area contributed by atoms with Crippen LogP contribution in [0.5, 0.6) is 0 Å². The number of nitrogens with zero attached hydrogens (tertiary/aromatic N) is 2. The SMILES string of the molecule is C/C=C\C(=C/C=Nc1cc(C(C)C)c2ccc3c(N(c4ccc(C(C)C)cc4)c4cccc5c4Cc4ccccc4-5)cc(C(C)C)c4c3c2c1CC4)C(C)C.C=C1Cc2ccccc2/C1=C/C=C\C.CC. The van der Waals surface area contributed by atoms with E-state index < -0.39 is 0 Å². The Bertz CT molecular complexity index is 3250. The van der Waals surface area contributed by atoms with Gasteiger partial charge in [0.15, 0.2) is 0 Å². The quantitative estimate of drug-likeness (QED) is 0.0717. The van der Waals surface area contributed by atoms with E-state index in [0.717, 1.165) is 31.4 Å². The predicted molar refractivity (Wildman–Crippen MR) is 313 cm³/mol. The normalized spacial score (nSPS) is 14.5. The molecule has 0 fully saturated rings. The molecule has 7 aromatic carbocycles. The molecule has 3 aliphatic carbocycles. The monoisotopic (exact) mass is 933 g/mol. The summed E-state index contributed by atoms with van der Waals surface area (Å²) >= 11 is 0. The summed E-state index contributed by atoms with van der Waals surface area (Å²) in [5.41, 5.74) is 24.0. The van der Waals surface area contributed by atoms with Crippen molar-refractivity contribution in [2.45, 2.75) is 127 Å². The highest BCUT2D eigenvalue weighted by Gasteiger charge is 2.30. The third-order valence-electron chi connectivity index (χ3n) is 14.7. The zero-order chi connectivity index (χ0) is 50.5.